The van der Waals surface area contributed by atoms with E-state index in [0.29, 0.717) is 12.2 Å². The van der Waals surface area contributed by atoms with Gasteiger partial charge in [-0.25, -0.2) is 0 Å². The Labute approximate surface area is 143 Å². The fourth-order valence-corrected chi connectivity index (χ4v) is 2.06. The minimum Gasteiger partial charge on any atom is -0.494 e. The van der Waals surface area contributed by atoms with E-state index in [1.807, 2.05) is 43.3 Å². The number of ether oxygens (including phenoxy) is 2. The molecule has 2 aromatic carbocycles. The van der Waals surface area contributed by atoms with Crippen LogP contribution in [0.2, 0.25) is 0 Å². The van der Waals surface area contributed by atoms with Gasteiger partial charge in [0.2, 0.25) is 0 Å². The largest absolute Gasteiger partial charge is 0.494 e. The van der Waals surface area contributed by atoms with E-state index in [-0.39, 0.29) is 12.0 Å². The topological polar surface area (TPSA) is 47.6 Å². The number of hydrogen-bond donors (Lipinski definition) is 1. The fraction of sp³-hybridized carbons (Fsp3) is 0.350. The molecule has 0 saturated heterocycles. The molecule has 1 atom stereocenters. The molecular weight excluding hydrogens is 302 g/mol. The summed E-state index contributed by atoms with van der Waals surface area (Å²) < 4.78 is 11.2. The SMILES string of the molecule is CCCOc1ccc(C(=O)Nc2ccc(OC(C)CC)cc2)cc1. The Balaban J connectivity index is 1.94. The van der Waals surface area contributed by atoms with Gasteiger partial charge in [0.15, 0.2) is 0 Å². The second-order valence-corrected chi connectivity index (χ2v) is 5.69. The summed E-state index contributed by atoms with van der Waals surface area (Å²) in [6.45, 7) is 6.85. The zero-order valence-corrected chi connectivity index (χ0v) is 14.5. The Morgan fingerprint density at radius 3 is 2.21 bits per heavy atom. The first kappa shape index (κ1) is 17.9. The van der Waals surface area contributed by atoms with Gasteiger partial charge < -0.3 is 14.8 Å². The van der Waals surface area contributed by atoms with Crippen LogP contribution in [0.25, 0.3) is 0 Å². The lowest BCUT2D eigenvalue weighted by atomic mass is 10.2. The maximum Gasteiger partial charge on any atom is 0.255 e. The number of amides is 1. The lowest BCUT2D eigenvalue weighted by Gasteiger charge is -2.13. The highest BCUT2D eigenvalue weighted by Gasteiger charge is 2.07. The highest BCUT2D eigenvalue weighted by Crippen LogP contribution is 2.19. The summed E-state index contributed by atoms with van der Waals surface area (Å²) in [6, 6.07) is 14.6. The summed E-state index contributed by atoms with van der Waals surface area (Å²) in [5.74, 6) is 1.44. The molecule has 2 rings (SSSR count). The molecule has 0 fully saturated rings. The number of carbonyl (C=O) groups excluding carboxylic acids is 1. The molecule has 0 saturated carbocycles. The van der Waals surface area contributed by atoms with Crippen molar-refractivity contribution in [2.24, 2.45) is 0 Å². The van der Waals surface area contributed by atoms with Crippen molar-refractivity contribution in [2.75, 3.05) is 11.9 Å². The van der Waals surface area contributed by atoms with Crippen LogP contribution in [0.15, 0.2) is 48.5 Å². The van der Waals surface area contributed by atoms with Crippen LogP contribution in [0.1, 0.15) is 44.0 Å². The van der Waals surface area contributed by atoms with E-state index in [0.717, 1.165) is 30.0 Å². The van der Waals surface area contributed by atoms with E-state index < -0.39 is 0 Å². The van der Waals surface area contributed by atoms with E-state index in [2.05, 4.69) is 19.2 Å². The average Bonchev–Trinajstić information content (AvgIpc) is 2.61. The zero-order chi connectivity index (χ0) is 17.4. The molecule has 1 amide bonds. The Bertz CT molecular complexity index is 635. The molecule has 0 aliphatic rings. The number of rotatable bonds is 8. The predicted molar refractivity (Wildman–Crippen MR) is 97.0 cm³/mol. The summed E-state index contributed by atoms with van der Waals surface area (Å²) in [4.78, 5) is 12.3. The summed E-state index contributed by atoms with van der Waals surface area (Å²) in [7, 11) is 0. The number of anilines is 1. The van der Waals surface area contributed by atoms with E-state index in [1.54, 1.807) is 12.1 Å². The maximum atomic E-state index is 12.3. The molecule has 0 bridgehead atoms. The third kappa shape index (κ3) is 5.30. The van der Waals surface area contributed by atoms with Gasteiger partial charge in [-0.05, 0) is 68.3 Å². The summed E-state index contributed by atoms with van der Waals surface area (Å²) in [5.41, 5.74) is 1.33. The minimum atomic E-state index is -0.146. The monoisotopic (exact) mass is 327 g/mol. The quantitative estimate of drug-likeness (QED) is 0.750. The smallest absolute Gasteiger partial charge is 0.255 e. The molecule has 2 aromatic rings. The van der Waals surface area contributed by atoms with Gasteiger partial charge in [-0.3, -0.25) is 4.79 Å². The standard InChI is InChI=1S/C20H25NO3/c1-4-14-23-18-10-6-16(7-11-18)20(22)21-17-8-12-19(13-9-17)24-15(3)5-2/h6-13,15H,4-5,14H2,1-3H3,(H,21,22). The Kier molecular flexibility index (Phi) is 6.67. The molecule has 4 nitrogen and oxygen atoms in total. The number of benzene rings is 2. The fourth-order valence-electron chi connectivity index (χ4n) is 2.06. The number of hydrogen-bond acceptors (Lipinski definition) is 3. The van der Waals surface area contributed by atoms with Crippen molar-refractivity contribution in [3.05, 3.63) is 54.1 Å². The molecular formula is C20H25NO3. The predicted octanol–water partition coefficient (Wildman–Crippen LogP) is 4.91. The molecule has 24 heavy (non-hydrogen) atoms. The van der Waals surface area contributed by atoms with Crippen molar-refractivity contribution in [3.63, 3.8) is 0 Å². The zero-order valence-electron chi connectivity index (χ0n) is 14.5. The second kappa shape index (κ2) is 8.96. The molecule has 0 spiro atoms. The van der Waals surface area contributed by atoms with Gasteiger partial charge in [0.1, 0.15) is 11.5 Å². The first-order valence-electron chi connectivity index (χ1n) is 8.43. The highest BCUT2D eigenvalue weighted by atomic mass is 16.5. The molecule has 1 unspecified atom stereocenters. The van der Waals surface area contributed by atoms with Gasteiger partial charge in [-0.2, -0.15) is 0 Å². The number of nitrogens with one attached hydrogen (secondary N) is 1. The van der Waals surface area contributed by atoms with Crippen molar-refractivity contribution in [1.29, 1.82) is 0 Å². The Hall–Kier alpha value is -2.49. The van der Waals surface area contributed by atoms with Crippen LogP contribution in [0.4, 0.5) is 5.69 Å². The van der Waals surface area contributed by atoms with E-state index in [9.17, 15) is 4.79 Å². The minimum absolute atomic E-state index is 0.146. The summed E-state index contributed by atoms with van der Waals surface area (Å²) in [5, 5.41) is 2.88. The van der Waals surface area contributed by atoms with Gasteiger partial charge in [0, 0.05) is 11.3 Å². The van der Waals surface area contributed by atoms with Crippen molar-refractivity contribution in [3.8, 4) is 11.5 Å². The van der Waals surface area contributed by atoms with Crippen LogP contribution >= 0.6 is 0 Å². The molecule has 128 valence electrons. The average molecular weight is 327 g/mol. The van der Waals surface area contributed by atoms with Crippen molar-refractivity contribution < 1.29 is 14.3 Å². The Morgan fingerprint density at radius 1 is 1.00 bits per heavy atom. The normalized spacial score (nSPS) is 11.6. The first-order chi connectivity index (χ1) is 11.6. The lowest BCUT2D eigenvalue weighted by Crippen LogP contribution is -2.12. The van der Waals surface area contributed by atoms with Gasteiger partial charge in [0.05, 0.1) is 12.7 Å². The van der Waals surface area contributed by atoms with Crippen LogP contribution in [-0.2, 0) is 0 Å². The van der Waals surface area contributed by atoms with Crippen molar-refractivity contribution in [1.82, 2.24) is 0 Å². The molecule has 0 radical (unpaired) electrons. The highest BCUT2D eigenvalue weighted by molar-refractivity contribution is 6.04. The molecule has 0 aliphatic carbocycles. The van der Waals surface area contributed by atoms with Gasteiger partial charge in [0.25, 0.3) is 5.91 Å². The van der Waals surface area contributed by atoms with Crippen LogP contribution in [0.3, 0.4) is 0 Å². The third-order valence-corrected chi connectivity index (χ3v) is 3.61. The molecule has 4 heteroatoms. The van der Waals surface area contributed by atoms with Crippen molar-refractivity contribution in [2.45, 2.75) is 39.7 Å². The second-order valence-electron chi connectivity index (χ2n) is 5.69. The first-order valence-corrected chi connectivity index (χ1v) is 8.43. The molecule has 0 aliphatic heterocycles. The lowest BCUT2D eigenvalue weighted by molar-refractivity contribution is 0.102. The van der Waals surface area contributed by atoms with Gasteiger partial charge in [-0.1, -0.05) is 13.8 Å². The van der Waals surface area contributed by atoms with Crippen LogP contribution in [0.5, 0.6) is 11.5 Å². The van der Waals surface area contributed by atoms with Crippen LogP contribution in [0, 0.1) is 0 Å². The maximum absolute atomic E-state index is 12.3. The van der Waals surface area contributed by atoms with E-state index >= 15 is 0 Å². The molecule has 1 N–H and O–H groups in total. The molecule has 0 heterocycles. The van der Waals surface area contributed by atoms with E-state index in [1.165, 1.54) is 0 Å². The van der Waals surface area contributed by atoms with Crippen LogP contribution < -0.4 is 14.8 Å². The third-order valence-electron chi connectivity index (χ3n) is 3.61. The van der Waals surface area contributed by atoms with Crippen molar-refractivity contribution >= 4 is 11.6 Å². The number of carbonyl (C=O) groups is 1. The van der Waals surface area contributed by atoms with E-state index in [4.69, 9.17) is 9.47 Å². The van der Waals surface area contributed by atoms with Crippen LogP contribution in [-0.4, -0.2) is 18.6 Å². The van der Waals surface area contributed by atoms with Gasteiger partial charge >= 0.3 is 0 Å². The Morgan fingerprint density at radius 2 is 1.62 bits per heavy atom. The summed E-state index contributed by atoms with van der Waals surface area (Å²) >= 11 is 0. The summed E-state index contributed by atoms with van der Waals surface area (Å²) in [6.07, 6.45) is 2.09. The van der Waals surface area contributed by atoms with Gasteiger partial charge in [-0.15, -0.1) is 0 Å². The molecule has 0 aromatic heterocycles.